The first kappa shape index (κ1) is 17.2. The van der Waals surface area contributed by atoms with Crippen molar-refractivity contribution in [3.8, 4) is 28.6 Å². The third-order valence-corrected chi connectivity index (χ3v) is 5.41. The number of aromatic nitrogens is 1. The molecule has 1 N–H and O–H groups in total. The number of anilines is 1. The average Bonchev–Trinajstić information content (AvgIpc) is 3.29. The molecule has 0 aliphatic carbocycles. The lowest BCUT2D eigenvalue weighted by Crippen LogP contribution is -2.14. The highest BCUT2D eigenvalue weighted by atomic mass is 32.2. The van der Waals surface area contributed by atoms with Gasteiger partial charge in [-0.1, -0.05) is 5.16 Å². The molecule has 0 unspecified atom stereocenters. The number of rotatable bonds is 5. The lowest BCUT2D eigenvalue weighted by Gasteiger charge is -2.12. The number of benzene rings is 2. The number of aryl methyl sites for hydroxylation is 1. The molecule has 0 saturated carbocycles. The largest absolute Gasteiger partial charge is 0.495 e. The van der Waals surface area contributed by atoms with Crippen molar-refractivity contribution in [2.45, 2.75) is 11.8 Å². The van der Waals surface area contributed by atoms with Crippen LogP contribution in [0, 0.1) is 6.92 Å². The number of nitrogens with zero attached hydrogens (tertiary/aromatic N) is 1. The van der Waals surface area contributed by atoms with Crippen molar-refractivity contribution < 1.29 is 27.2 Å². The van der Waals surface area contributed by atoms with Crippen molar-refractivity contribution in [3.05, 3.63) is 48.2 Å². The normalized spacial score (nSPS) is 12.8. The Labute approximate surface area is 155 Å². The summed E-state index contributed by atoms with van der Waals surface area (Å²) in [6, 6.07) is 11.3. The number of sulfonamides is 1. The minimum absolute atomic E-state index is 0.00246. The third-order valence-electron chi connectivity index (χ3n) is 3.99. The molecule has 3 aromatic rings. The summed E-state index contributed by atoms with van der Waals surface area (Å²) in [5, 5.41) is 3.84. The molecule has 8 nitrogen and oxygen atoms in total. The van der Waals surface area contributed by atoms with E-state index in [0.717, 1.165) is 5.69 Å². The summed E-state index contributed by atoms with van der Waals surface area (Å²) in [6.07, 6.45) is 0. The van der Waals surface area contributed by atoms with Gasteiger partial charge in [0.2, 0.25) is 6.79 Å². The zero-order valence-corrected chi connectivity index (χ0v) is 15.4. The molecular weight excluding hydrogens is 372 g/mol. The number of hydrogen-bond donors (Lipinski definition) is 1. The highest BCUT2D eigenvalue weighted by molar-refractivity contribution is 7.92. The number of ether oxygens (including phenoxy) is 3. The molecule has 1 aliphatic heterocycles. The monoisotopic (exact) mass is 388 g/mol. The summed E-state index contributed by atoms with van der Waals surface area (Å²) in [4.78, 5) is 0.00246. The lowest BCUT2D eigenvalue weighted by molar-refractivity contribution is 0.174. The molecule has 0 saturated heterocycles. The van der Waals surface area contributed by atoms with E-state index in [9.17, 15) is 8.42 Å². The smallest absolute Gasteiger partial charge is 0.265 e. The van der Waals surface area contributed by atoms with E-state index in [1.54, 1.807) is 43.3 Å². The Morgan fingerprint density at radius 3 is 2.63 bits per heavy atom. The van der Waals surface area contributed by atoms with Gasteiger partial charge >= 0.3 is 0 Å². The molecule has 0 bridgehead atoms. The summed E-state index contributed by atoms with van der Waals surface area (Å²) in [5.41, 5.74) is 1.75. The Balaban J connectivity index is 1.66. The highest BCUT2D eigenvalue weighted by Gasteiger charge is 2.22. The van der Waals surface area contributed by atoms with Crippen molar-refractivity contribution in [2.75, 3.05) is 18.6 Å². The van der Waals surface area contributed by atoms with Gasteiger partial charge in [0.15, 0.2) is 17.3 Å². The number of hydrogen-bond acceptors (Lipinski definition) is 7. The van der Waals surface area contributed by atoms with Crippen molar-refractivity contribution in [1.29, 1.82) is 0 Å². The molecule has 0 atom stereocenters. The molecule has 1 aliphatic rings. The van der Waals surface area contributed by atoms with Gasteiger partial charge in [0.1, 0.15) is 10.6 Å². The van der Waals surface area contributed by atoms with Crippen LogP contribution in [0.15, 0.2) is 51.9 Å². The Morgan fingerprint density at radius 2 is 1.89 bits per heavy atom. The zero-order valence-electron chi connectivity index (χ0n) is 14.6. The maximum absolute atomic E-state index is 12.8. The van der Waals surface area contributed by atoms with E-state index in [1.165, 1.54) is 13.2 Å². The Hall–Kier alpha value is -3.20. The van der Waals surface area contributed by atoms with Gasteiger partial charge in [0.25, 0.3) is 10.0 Å². The average molecular weight is 388 g/mol. The van der Waals surface area contributed by atoms with Gasteiger partial charge in [0.05, 0.1) is 18.5 Å². The summed E-state index contributed by atoms with van der Waals surface area (Å²) in [5.74, 6) is 1.77. The molecule has 9 heteroatoms. The first-order chi connectivity index (χ1) is 13.0. The fraction of sp³-hybridized carbons (Fsp3) is 0.167. The van der Waals surface area contributed by atoms with Crippen LogP contribution in [-0.2, 0) is 10.0 Å². The predicted octanol–water partition coefficient (Wildman–Crippen LogP) is 3.19. The molecule has 27 heavy (non-hydrogen) atoms. The van der Waals surface area contributed by atoms with Crippen LogP contribution in [0.4, 0.5) is 5.69 Å². The van der Waals surface area contributed by atoms with Crippen molar-refractivity contribution in [2.24, 2.45) is 0 Å². The summed E-state index contributed by atoms with van der Waals surface area (Å²) < 4.78 is 49.2. The topological polar surface area (TPSA) is 99.9 Å². The van der Waals surface area contributed by atoms with E-state index in [1.807, 2.05) is 0 Å². The first-order valence-corrected chi connectivity index (χ1v) is 9.49. The molecular formula is C18H16N2O6S. The Bertz CT molecular complexity index is 1110. The Morgan fingerprint density at radius 1 is 1.07 bits per heavy atom. The van der Waals surface area contributed by atoms with E-state index in [2.05, 4.69) is 9.88 Å². The maximum Gasteiger partial charge on any atom is 0.265 e. The molecule has 0 radical (unpaired) electrons. The summed E-state index contributed by atoms with van der Waals surface area (Å²) in [7, 11) is -2.48. The van der Waals surface area contributed by atoms with Gasteiger partial charge in [0, 0.05) is 17.7 Å². The van der Waals surface area contributed by atoms with Gasteiger partial charge in [-0.25, -0.2) is 8.42 Å². The molecule has 1 aromatic heterocycles. The van der Waals surface area contributed by atoms with Crippen LogP contribution in [0.2, 0.25) is 0 Å². The molecule has 0 amide bonds. The summed E-state index contributed by atoms with van der Waals surface area (Å²) in [6.45, 7) is 1.92. The van der Waals surface area contributed by atoms with Crippen molar-refractivity contribution in [3.63, 3.8) is 0 Å². The Kier molecular flexibility index (Phi) is 4.15. The molecule has 0 spiro atoms. The van der Waals surface area contributed by atoms with Gasteiger partial charge in [-0.2, -0.15) is 0 Å². The van der Waals surface area contributed by atoms with Gasteiger partial charge < -0.3 is 18.7 Å². The fourth-order valence-electron chi connectivity index (χ4n) is 2.71. The quantitative estimate of drug-likeness (QED) is 0.716. The van der Waals surface area contributed by atoms with E-state index >= 15 is 0 Å². The van der Waals surface area contributed by atoms with Crippen LogP contribution in [0.25, 0.3) is 11.3 Å². The van der Waals surface area contributed by atoms with Crippen LogP contribution < -0.4 is 18.9 Å². The molecule has 2 aromatic carbocycles. The van der Waals surface area contributed by atoms with Crippen molar-refractivity contribution in [1.82, 2.24) is 5.16 Å². The van der Waals surface area contributed by atoms with E-state index in [0.29, 0.717) is 28.5 Å². The summed E-state index contributed by atoms with van der Waals surface area (Å²) >= 11 is 0. The standard InChI is InChI=1S/C18H16N2O6S/c1-11-7-15(26-19-11)12-3-6-18(17(8-12)23-2)27(21,22)20-13-4-5-14-16(9-13)25-10-24-14/h3-9,20H,10H2,1-2H3. The van der Waals surface area contributed by atoms with Gasteiger partial charge in [-0.3, -0.25) is 4.72 Å². The second kappa shape index (κ2) is 6.51. The third kappa shape index (κ3) is 3.28. The second-order valence-corrected chi connectivity index (χ2v) is 7.52. The predicted molar refractivity (Wildman–Crippen MR) is 96.6 cm³/mol. The zero-order chi connectivity index (χ0) is 19.0. The van der Waals surface area contributed by atoms with Crippen LogP contribution in [-0.4, -0.2) is 27.5 Å². The molecule has 0 fully saturated rings. The van der Waals surface area contributed by atoms with Gasteiger partial charge in [-0.05, 0) is 37.3 Å². The number of nitrogens with one attached hydrogen (secondary N) is 1. The molecule has 2 heterocycles. The van der Waals surface area contributed by atoms with Crippen LogP contribution in [0.5, 0.6) is 17.2 Å². The van der Waals surface area contributed by atoms with E-state index in [4.69, 9.17) is 18.7 Å². The maximum atomic E-state index is 12.8. The fourth-order valence-corrected chi connectivity index (χ4v) is 3.91. The minimum atomic E-state index is -3.88. The van der Waals surface area contributed by atoms with Crippen LogP contribution in [0.3, 0.4) is 0 Å². The number of fused-ring (bicyclic) bond motifs is 1. The first-order valence-electron chi connectivity index (χ1n) is 8.00. The van der Waals surface area contributed by atoms with E-state index in [-0.39, 0.29) is 17.4 Å². The highest BCUT2D eigenvalue weighted by Crippen LogP contribution is 2.36. The lowest BCUT2D eigenvalue weighted by atomic mass is 10.1. The van der Waals surface area contributed by atoms with E-state index < -0.39 is 10.0 Å². The second-order valence-electron chi connectivity index (χ2n) is 5.87. The number of methoxy groups -OCH3 is 1. The molecule has 4 rings (SSSR count). The molecule has 140 valence electrons. The van der Waals surface area contributed by atoms with Crippen LogP contribution >= 0.6 is 0 Å². The van der Waals surface area contributed by atoms with Crippen molar-refractivity contribution >= 4 is 15.7 Å². The minimum Gasteiger partial charge on any atom is -0.495 e. The van der Waals surface area contributed by atoms with Gasteiger partial charge in [-0.15, -0.1) is 0 Å². The van der Waals surface area contributed by atoms with Crippen LogP contribution in [0.1, 0.15) is 5.69 Å². The SMILES string of the molecule is COc1cc(-c2cc(C)no2)ccc1S(=O)(=O)Nc1ccc2c(c1)OCO2.